The molecule has 4 heteroatoms. The highest BCUT2D eigenvalue weighted by atomic mass is 16.5. The lowest BCUT2D eigenvalue weighted by Crippen LogP contribution is -2.41. The lowest BCUT2D eigenvalue weighted by molar-refractivity contribution is -0.167. The number of hydrogen-bond donors (Lipinski definition) is 0. The first-order valence-corrected chi connectivity index (χ1v) is 9.67. The molecular weight excluding hydrogens is 328 g/mol. The molecule has 1 aromatic carbocycles. The van der Waals surface area contributed by atoms with Crippen LogP contribution in [0.15, 0.2) is 30.3 Å². The second kappa shape index (κ2) is 8.52. The molecule has 4 nitrogen and oxygen atoms in total. The minimum Gasteiger partial charge on any atom is -0.466 e. The Hall–Kier alpha value is -2.10. The third-order valence-corrected chi connectivity index (χ3v) is 5.80. The molecule has 2 fully saturated rings. The van der Waals surface area contributed by atoms with Crippen LogP contribution >= 0.6 is 0 Å². The second-order valence-corrected chi connectivity index (χ2v) is 7.54. The Morgan fingerprint density at radius 2 is 1.81 bits per heavy atom. The van der Waals surface area contributed by atoms with Crippen LogP contribution < -0.4 is 0 Å². The van der Waals surface area contributed by atoms with Crippen molar-refractivity contribution in [2.24, 2.45) is 5.41 Å². The molecule has 2 saturated carbocycles. The van der Waals surface area contributed by atoms with Crippen LogP contribution in [0.25, 0.3) is 6.08 Å². The number of esters is 2. The molecule has 1 aromatic rings. The fourth-order valence-corrected chi connectivity index (χ4v) is 3.85. The summed E-state index contributed by atoms with van der Waals surface area (Å²) in [6.07, 6.45) is 12.5. The molecule has 0 amide bonds. The van der Waals surface area contributed by atoms with Gasteiger partial charge in [0, 0.05) is 6.08 Å². The van der Waals surface area contributed by atoms with Crippen LogP contribution in [0.5, 0.6) is 0 Å². The van der Waals surface area contributed by atoms with Crippen molar-refractivity contribution in [3.63, 3.8) is 0 Å². The molecule has 2 aliphatic rings. The van der Waals surface area contributed by atoms with Gasteiger partial charge in [0.15, 0.2) is 0 Å². The van der Waals surface area contributed by atoms with E-state index in [1.165, 1.54) is 31.6 Å². The number of carbonyl (C=O) groups excluding carboxylic acids is 2. The van der Waals surface area contributed by atoms with Crippen molar-refractivity contribution in [1.82, 2.24) is 0 Å². The molecule has 0 atom stereocenters. The largest absolute Gasteiger partial charge is 0.466 e. The maximum Gasteiger partial charge on any atom is 0.330 e. The summed E-state index contributed by atoms with van der Waals surface area (Å²) < 4.78 is 10.4. The fourth-order valence-electron chi connectivity index (χ4n) is 3.85. The summed E-state index contributed by atoms with van der Waals surface area (Å²) in [6.45, 7) is 0. The van der Waals surface area contributed by atoms with Gasteiger partial charge >= 0.3 is 11.9 Å². The molecule has 0 aliphatic heterocycles. The molecule has 26 heavy (non-hydrogen) atoms. The highest BCUT2D eigenvalue weighted by Gasteiger charge is 2.45. The highest BCUT2D eigenvalue weighted by Crippen LogP contribution is 2.46. The van der Waals surface area contributed by atoms with Gasteiger partial charge in [-0.05, 0) is 68.6 Å². The van der Waals surface area contributed by atoms with Gasteiger partial charge in [-0.2, -0.15) is 0 Å². The van der Waals surface area contributed by atoms with E-state index in [9.17, 15) is 9.59 Å². The maximum absolute atomic E-state index is 12.7. The molecule has 0 radical (unpaired) electrons. The zero-order valence-corrected chi connectivity index (χ0v) is 15.5. The minimum absolute atomic E-state index is 0.0354. The van der Waals surface area contributed by atoms with Crippen molar-refractivity contribution in [2.45, 2.75) is 63.9 Å². The van der Waals surface area contributed by atoms with Gasteiger partial charge in [0.1, 0.15) is 6.10 Å². The van der Waals surface area contributed by atoms with Crippen LogP contribution in [-0.2, 0) is 25.5 Å². The first-order valence-electron chi connectivity index (χ1n) is 9.67. The standard InChI is InChI=1S/C22H28O4/c1-25-20(23)12-11-17-7-9-18(10-8-17)13-16-22(14-4-15-22)21(24)26-19-5-2-3-6-19/h7-12,19H,2-6,13-16H2,1H3/b12-11+. The highest BCUT2D eigenvalue weighted by molar-refractivity contribution is 5.86. The average Bonchev–Trinajstić information content (AvgIpc) is 3.12. The van der Waals surface area contributed by atoms with Crippen molar-refractivity contribution < 1.29 is 19.1 Å². The van der Waals surface area contributed by atoms with E-state index in [1.54, 1.807) is 6.08 Å². The fraction of sp³-hybridized carbons (Fsp3) is 0.545. The lowest BCUT2D eigenvalue weighted by Gasteiger charge is -2.40. The average molecular weight is 356 g/mol. The molecule has 0 aromatic heterocycles. The van der Waals surface area contributed by atoms with Gasteiger partial charge in [0.2, 0.25) is 0 Å². The van der Waals surface area contributed by atoms with Gasteiger partial charge in [-0.1, -0.05) is 30.7 Å². The molecule has 0 spiro atoms. The Kier molecular flexibility index (Phi) is 6.12. The zero-order chi connectivity index (χ0) is 18.4. The van der Waals surface area contributed by atoms with Crippen molar-refractivity contribution in [3.05, 3.63) is 41.5 Å². The Balaban J connectivity index is 1.54. The topological polar surface area (TPSA) is 52.6 Å². The third-order valence-electron chi connectivity index (χ3n) is 5.80. The number of rotatable bonds is 7. The van der Waals surface area contributed by atoms with Gasteiger partial charge in [-0.3, -0.25) is 4.79 Å². The summed E-state index contributed by atoms with van der Waals surface area (Å²) >= 11 is 0. The smallest absolute Gasteiger partial charge is 0.330 e. The Bertz CT molecular complexity index is 649. The molecule has 0 unspecified atom stereocenters. The van der Waals surface area contributed by atoms with Crippen molar-refractivity contribution in [3.8, 4) is 0 Å². The first kappa shape index (κ1) is 18.7. The van der Waals surface area contributed by atoms with Gasteiger partial charge < -0.3 is 9.47 Å². The van der Waals surface area contributed by atoms with E-state index in [0.29, 0.717) is 0 Å². The van der Waals surface area contributed by atoms with Crippen LogP contribution in [0.1, 0.15) is 62.5 Å². The van der Waals surface area contributed by atoms with Crippen molar-refractivity contribution in [2.75, 3.05) is 7.11 Å². The van der Waals surface area contributed by atoms with E-state index in [-0.39, 0.29) is 23.5 Å². The molecule has 3 rings (SSSR count). The number of methoxy groups -OCH3 is 1. The van der Waals surface area contributed by atoms with Crippen molar-refractivity contribution in [1.29, 1.82) is 0 Å². The van der Waals surface area contributed by atoms with Crippen molar-refractivity contribution >= 4 is 18.0 Å². The number of benzene rings is 1. The van der Waals surface area contributed by atoms with Gasteiger partial charge in [0.05, 0.1) is 12.5 Å². The molecule has 0 bridgehead atoms. The zero-order valence-electron chi connectivity index (χ0n) is 15.5. The monoisotopic (exact) mass is 356 g/mol. The number of ether oxygens (including phenoxy) is 2. The molecule has 2 aliphatic carbocycles. The van der Waals surface area contributed by atoms with E-state index in [2.05, 4.69) is 16.9 Å². The third kappa shape index (κ3) is 4.54. The number of hydrogen-bond acceptors (Lipinski definition) is 4. The van der Waals surface area contributed by atoms with E-state index in [1.807, 2.05) is 12.1 Å². The van der Waals surface area contributed by atoms with Gasteiger partial charge in [0.25, 0.3) is 0 Å². The molecule has 0 N–H and O–H groups in total. The molecule has 0 heterocycles. The predicted molar refractivity (Wildman–Crippen MR) is 100 cm³/mol. The number of carbonyl (C=O) groups is 2. The predicted octanol–water partition coefficient (Wildman–Crippen LogP) is 4.46. The Labute approximate surface area is 155 Å². The Morgan fingerprint density at radius 1 is 1.12 bits per heavy atom. The first-order chi connectivity index (χ1) is 12.6. The Morgan fingerprint density at radius 3 is 2.38 bits per heavy atom. The van der Waals surface area contributed by atoms with Crippen LogP contribution in [-0.4, -0.2) is 25.2 Å². The summed E-state index contributed by atoms with van der Waals surface area (Å²) in [5, 5.41) is 0. The maximum atomic E-state index is 12.7. The minimum atomic E-state index is -0.359. The van der Waals surface area contributed by atoms with E-state index in [4.69, 9.17) is 4.74 Å². The van der Waals surface area contributed by atoms with Gasteiger partial charge in [-0.25, -0.2) is 4.79 Å². The SMILES string of the molecule is COC(=O)/C=C/c1ccc(CCC2(C(=O)OC3CCCC3)CCC2)cc1. The second-order valence-electron chi connectivity index (χ2n) is 7.54. The van der Waals surface area contributed by atoms with Crippen LogP contribution in [0.4, 0.5) is 0 Å². The lowest BCUT2D eigenvalue weighted by atomic mass is 9.65. The summed E-state index contributed by atoms with van der Waals surface area (Å²) in [6, 6.07) is 8.09. The molecule has 0 saturated heterocycles. The summed E-state index contributed by atoms with van der Waals surface area (Å²) in [5.41, 5.74) is 1.91. The summed E-state index contributed by atoms with van der Waals surface area (Å²) in [7, 11) is 1.36. The van der Waals surface area contributed by atoms with Crippen LogP contribution in [0, 0.1) is 5.41 Å². The molecular formula is C22H28O4. The van der Waals surface area contributed by atoms with E-state index >= 15 is 0 Å². The van der Waals surface area contributed by atoms with Gasteiger partial charge in [-0.15, -0.1) is 0 Å². The molecule has 140 valence electrons. The quantitative estimate of drug-likeness (QED) is 0.534. The number of aryl methyl sites for hydroxylation is 1. The summed E-state index contributed by atoms with van der Waals surface area (Å²) in [4.78, 5) is 23.8. The van der Waals surface area contributed by atoms with Crippen LogP contribution in [0.2, 0.25) is 0 Å². The van der Waals surface area contributed by atoms with E-state index < -0.39 is 0 Å². The summed E-state index contributed by atoms with van der Waals surface area (Å²) in [5.74, 6) is -0.324. The van der Waals surface area contributed by atoms with E-state index in [0.717, 1.165) is 50.5 Å². The van der Waals surface area contributed by atoms with Crippen LogP contribution in [0.3, 0.4) is 0 Å². The normalized spacial score (nSPS) is 19.3.